The van der Waals surface area contributed by atoms with E-state index in [1.165, 1.54) is 0 Å². The first-order valence-corrected chi connectivity index (χ1v) is 5.06. The highest BCUT2D eigenvalue weighted by atomic mass is 79.9. The Morgan fingerprint density at radius 1 is 1.47 bits per heavy atom. The zero-order valence-electron chi connectivity index (χ0n) is 7.92. The van der Waals surface area contributed by atoms with Gasteiger partial charge in [0.25, 0.3) is 0 Å². The summed E-state index contributed by atoms with van der Waals surface area (Å²) in [5.74, 6) is 0.203. The van der Waals surface area contributed by atoms with Crippen LogP contribution in [0.25, 0.3) is 11.3 Å². The Bertz CT molecular complexity index is 510. The van der Waals surface area contributed by atoms with Crippen LogP contribution in [0.4, 0.5) is 10.2 Å². The van der Waals surface area contributed by atoms with Crippen molar-refractivity contribution in [3.8, 4) is 11.3 Å². The molecule has 15 heavy (non-hydrogen) atoms. The van der Waals surface area contributed by atoms with E-state index in [0.29, 0.717) is 21.4 Å². The van der Waals surface area contributed by atoms with Gasteiger partial charge in [0.15, 0.2) is 11.6 Å². The Labute approximate surface area is 94.2 Å². The van der Waals surface area contributed by atoms with Crippen LogP contribution >= 0.6 is 15.9 Å². The van der Waals surface area contributed by atoms with Crippen LogP contribution in [0.2, 0.25) is 0 Å². The quantitative estimate of drug-likeness (QED) is 0.866. The van der Waals surface area contributed by atoms with Gasteiger partial charge in [-0.25, -0.2) is 4.39 Å². The molecule has 1 aromatic carbocycles. The predicted octanol–water partition coefficient (Wildman–Crippen LogP) is 3.13. The number of nitrogen functional groups attached to an aromatic ring is 1. The minimum Gasteiger partial charge on any atom is -0.380 e. The second-order valence-corrected chi connectivity index (χ2v) is 3.94. The van der Waals surface area contributed by atoms with Gasteiger partial charge in [-0.15, -0.1) is 0 Å². The van der Waals surface area contributed by atoms with Crippen LogP contribution in [-0.4, -0.2) is 5.16 Å². The zero-order valence-corrected chi connectivity index (χ0v) is 9.51. The number of aryl methyl sites for hydroxylation is 1. The molecule has 0 amide bonds. The molecule has 0 aliphatic carbocycles. The lowest BCUT2D eigenvalue weighted by Gasteiger charge is -2.01. The van der Waals surface area contributed by atoms with Gasteiger partial charge < -0.3 is 10.3 Å². The van der Waals surface area contributed by atoms with Crippen LogP contribution in [0.1, 0.15) is 5.56 Å². The van der Waals surface area contributed by atoms with E-state index in [0.717, 1.165) is 0 Å². The molecule has 1 heterocycles. The molecule has 0 fully saturated rings. The Morgan fingerprint density at radius 2 is 2.20 bits per heavy atom. The molecule has 0 radical (unpaired) electrons. The van der Waals surface area contributed by atoms with Crippen molar-refractivity contribution in [2.24, 2.45) is 0 Å². The minimum atomic E-state index is -0.325. The number of benzene rings is 1. The number of halogens is 2. The minimum absolute atomic E-state index is 0.214. The maximum Gasteiger partial charge on any atom is 0.186 e. The highest BCUT2D eigenvalue weighted by molar-refractivity contribution is 9.10. The standard InChI is InChI=1S/C10H8BrFN2O/c1-5-3-2-4-6(8(5)12)9-7(11)10(13)14-15-9/h2-4H,1H3,(H2,13,14). The van der Waals surface area contributed by atoms with Crippen molar-refractivity contribution in [1.82, 2.24) is 5.16 Å². The fourth-order valence-corrected chi connectivity index (χ4v) is 1.64. The first-order chi connectivity index (χ1) is 7.11. The summed E-state index contributed by atoms with van der Waals surface area (Å²) in [4.78, 5) is 0. The van der Waals surface area contributed by atoms with Gasteiger partial charge in [0.05, 0.1) is 5.56 Å². The highest BCUT2D eigenvalue weighted by Gasteiger charge is 2.17. The van der Waals surface area contributed by atoms with Crippen molar-refractivity contribution in [1.29, 1.82) is 0 Å². The SMILES string of the molecule is Cc1cccc(-c2onc(N)c2Br)c1F. The topological polar surface area (TPSA) is 52.0 Å². The van der Waals surface area contributed by atoms with Crippen LogP contribution in [0.3, 0.4) is 0 Å². The van der Waals surface area contributed by atoms with Crippen molar-refractivity contribution in [2.45, 2.75) is 6.92 Å². The average molecular weight is 271 g/mol. The Balaban J connectivity index is 2.64. The normalized spacial score (nSPS) is 10.6. The van der Waals surface area contributed by atoms with E-state index in [2.05, 4.69) is 21.1 Å². The first-order valence-electron chi connectivity index (χ1n) is 4.27. The molecule has 0 aliphatic rings. The van der Waals surface area contributed by atoms with E-state index in [1.807, 2.05) is 0 Å². The van der Waals surface area contributed by atoms with Crippen LogP contribution in [0.5, 0.6) is 0 Å². The Kier molecular flexibility index (Phi) is 2.48. The fraction of sp³-hybridized carbons (Fsp3) is 0.100. The van der Waals surface area contributed by atoms with E-state index >= 15 is 0 Å². The zero-order chi connectivity index (χ0) is 11.0. The number of hydrogen-bond acceptors (Lipinski definition) is 3. The number of nitrogens with two attached hydrogens (primary N) is 1. The monoisotopic (exact) mass is 270 g/mol. The first kappa shape index (κ1) is 10.2. The summed E-state index contributed by atoms with van der Waals surface area (Å²) in [5.41, 5.74) is 6.40. The van der Waals surface area contributed by atoms with Gasteiger partial charge >= 0.3 is 0 Å². The number of hydrogen-bond donors (Lipinski definition) is 1. The molecule has 3 nitrogen and oxygen atoms in total. The van der Waals surface area contributed by atoms with Crippen LogP contribution in [-0.2, 0) is 0 Å². The molecule has 0 bridgehead atoms. The molecule has 0 saturated carbocycles. The predicted molar refractivity (Wildman–Crippen MR) is 58.7 cm³/mol. The summed E-state index contributed by atoms with van der Waals surface area (Å²) in [7, 11) is 0. The molecule has 0 unspecified atom stereocenters. The smallest absolute Gasteiger partial charge is 0.186 e. The van der Waals surface area contributed by atoms with Crippen molar-refractivity contribution < 1.29 is 8.91 Å². The van der Waals surface area contributed by atoms with Gasteiger partial charge in [-0.05, 0) is 34.5 Å². The number of anilines is 1. The summed E-state index contributed by atoms with van der Waals surface area (Å²) in [6.45, 7) is 1.69. The maximum absolute atomic E-state index is 13.7. The number of nitrogens with zero attached hydrogens (tertiary/aromatic N) is 1. The fourth-order valence-electron chi connectivity index (χ4n) is 1.28. The van der Waals surface area contributed by atoms with Crippen molar-refractivity contribution in [3.05, 3.63) is 34.1 Å². The van der Waals surface area contributed by atoms with Crippen molar-refractivity contribution in [3.63, 3.8) is 0 Å². The maximum atomic E-state index is 13.7. The third-order valence-corrected chi connectivity index (χ3v) is 2.86. The van der Waals surface area contributed by atoms with Gasteiger partial charge in [-0.1, -0.05) is 17.3 Å². The van der Waals surface area contributed by atoms with E-state index < -0.39 is 0 Å². The van der Waals surface area contributed by atoms with E-state index in [9.17, 15) is 4.39 Å². The summed E-state index contributed by atoms with van der Waals surface area (Å²) in [6, 6.07) is 5.05. The largest absolute Gasteiger partial charge is 0.380 e. The lowest BCUT2D eigenvalue weighted by Crippen LogP contribution is -1.88. The molecule has 0 aliphatic heterocycles. The lowest BCUT2D eigenvalue weighted by atomic mass is 10.1. The van der Waals surface area contributed by atoms with Gasteiger partial charge in [0.2, 0.25) is 0 Å². The molecule has 0 atom stereocenters. The second-order valence-electron chi connectivity index (χ2n) is 3.15. The molecular formula is C10H8BrFN2O. The van der Waals surface area contributed by atoms with E-state index in [1.54, 1.807) is 25.1 Å². The summed E-state index contributed by atoms with van der Waals surface area (Å²) < 4.78 is 19.2. The van der Waals surface area contributed by atoms with Crippen molar-refractivity contribution >= 4 is 21.7 Å². The van der Waals surface area contributed by atoms with Gasteiger partial charge in [-0.2, -0.15) is 0 Å². The van der Waals surface area contributed by atoms with Crippen molar-refractivity contribution in [2.75, 3.05) is 5.73 Å². The molecule has 2 aromatic rings. The van der Waals surface area contributed by atoms with Crippen LogP contribution in [0.15, 0.2) is 27.2 Å². The Morgan fingerprint density at radius 3 is 2.80 bits per heavy atom. The molecule has 1 aromatic heterocycles. The van der Waals surface area contributed by atoms with Gasteiger partial charge in [-0.3, -0.25) is 0 Å². The van der Waals surface area contributed by atoms with Crippen LogP contribution < -0.4 is 5.73 Å². The third kappa shape index (κ3) is 1.63. The molecule has 2 N–H and O–H groups in total. The average Bonchev–Trinajstić information content (AvgIpc) is 2.53. The molecular weight excluding hydrogens is 263 g/mol. The van der Waals surface area contributed by atoms with Gasteiger partial charge in [0, 0.05) is 0 Å². The molecule has 2 rings (SSSR count). The molecule has 0 spiro atoms. The van der Waals surface area contributed by atoms with Crippen LogP contribution in [0, 0.1) is 12.7 Å². The number of rotatable bonds is 1. The summed E-state index contributed by atoms with van der Waals surface area (Å²) >= 11 is 3.20. The highest BCUT2D eigenvalue weighted by Crippen LogP contribution is 2.34. The summed E-state index contributed by atoms with van der Waals surface area (Å²) in [5, 5.41) is 3.55. The molecule has 0 saturated heterocycles. The van der Waals surface area contributed by atoms with Gasteiger partial charge in [0.1, 0.15) is 10.3 Å². The van der Waals surface area contributed by atoms with E-state index in [4.69, 9.17) is 10.3 Å². The second kappa shape index (κ2) is 3.66. The van der Waals surface area contributed by atoms with E-state index in [-0.39, 0.29) is 11.6 Å². The summed E-state index contributed by atoms with van der Waals surface area (Å²) in [6.07, 6.45) is 0. The lowest BCUT2D eigenvalue weighted by molar-refractivity contribution is 0.432. The molecule has 5 heteroatoms. The Hall–Kier alpha value is -1.36. The molecule has 78 valence electrons. The third-order valence-electron chi connectivity index (χ3n) is 2.10. The number of aromatic nitrogens is 1.